The fraction of sp³-hybridized carbons (Fsp3) is 0.867. The predicted molar refractivity (Wildman–Crippen MR) is 68.5 cm³/mol. The first-order valence-corrected chi connectivity index (χ1v) is 7.03. The maximum absolute atomic E-state index is 5.88. The topological polar surface area (TPSA) is 9.23 Å². The van der Waals surface area contributed by atoms with Gasteiger partial charge in [0.25, 0.3) is 0 Å². The van der Waals surface area contributed by atoms with Crippen molar-refractivity contribution in [2.24, 2.45) is 11.8 Å². The highest BCUT2D eigenvalue weighted by atomic mass is 16.5. The Kier molecular flexibility index (Phi) is 4.45. The monoisotopic (exact) mass is 222 g/mol. The maximum Gasteiger partial charge on any atom is 0.0578 e. The molecule has 1 heterocycles. The van der Waals surface area contributed by atoms with Crippen LogP contribution in [-0.4, -0.2) is 12.7 Å². The quantitative estimate of drug-likeness (QED) is 0.646. The minimum absolute atomic E-state index is 0.552. The summed E-state index contributed by atoms with van der Waals surface area (Å²) < 4.78 is 5.88. The predicted octanol–water partition coefficient (Wildman–Crippen LogP) is 4.33. The molecule has 1 heteroatoms. The highest BCUT2D eigenvalue weighted by Gasteiger charge is 2.19. The molecule has 3 atom stereocenters. The molecule has 1 nitrogen and oxygen atoms in total. The van der Waals surface area contributed by atoms with Gasteiger partial charge >= 0.3 is 0 Å². The van der Waals surface area contributed by atoms with E-state index in [1.54, 1.807) is 5.57 Å². The molecule has 1 aliphatic heterocycles. The van der Waals surface area contributed by atoms with Gasteiger partial charge in [-0.15, -0.1) is 0 Å². The van der Waals surface area contributed by atoms with Crippen molar-refractivity contribution in [3.63, 3.8) is 0 Å². The van der Waals surface area contributed by atoms with Gasteiger partial charge in [0.05, 0.1) is 6.10 Å². The van der Waals surface area contributed by atoms with Crippen molar-refractivity contribution in [3.05, 3.63) is 11.6 Å². The SMILES string of the molecule is CC1CC=C(CCC2CCC(C)CO2)CC1. The molecule has 2 aliphatic rings. The van der Waals surface area contributed by atoms with Crippen LogP contribution in [0, 0.1) is 11.8 Å². The molecule has 0 saturated carbocycles. The molecule has 1 fully saturated rings. The summed E-state index contributed by atoms with van der Waals surface area (Å²) in [6.07, 6.45) is 12.3. The molecule has 0 bridgehead atoms. The van der Waals surface area contributed by atoms with E-state index >= 15 is 0 Å². The van der Waals surface area contributed by atoms with Crippen molar-refractivity contribution in [1.82, 2.24) is 0 Å². The second kappa shape index (κ2) is 5.86. The van der Waals surface area contributed by atoms with Gasteiger partial charge in [-0.2, -0.15) is 0 Å². The third-order valence-electron chi connectivity index (χ3n) is 4.15. The van der Waals surface area contributed by atoms with Crippen LogP contribution >= 0.6 is 0 Å². The van der Waals surface area contributed by atoms with Crippen molar-refractivity contribution in [3.8, 4) is 0 Å². The molecule has 16 heavy (non-hydrogen) atoms. The Balaban J connectivity index is 1.67. The van der Waals surface area contributed by atoms with Crippen LogP contribution in [0.4, 0.5) is 0 Å². The van der Waals surface area contributed by atoms with Crippen LogP contribution in [0.3, 0.4) is 0 Å². The zero-order valence-corrected chi connectivity index (χ0v) is 10.9. The van der Waals surface area contributed by atoms with Crippen LogP contribution in [0.5, 0.6) is 0 Å². The van der Waals surface area contributed by atoms with Crippen LogP contribution in [0.2, 0.25) is 0 Å². The van der Waals surface area contributed by atoms with Gasteiger partial charge < -0.3 is 4.74 Å². The fourth-order valence-corrected chi connectivity index (χ4v) is 2.76. The number of rotatable bonds is 3. The van der Waals surface area contributed by atoms with Gasteiger partial charge in [-0.05, 0) is 56.8 Å². The molecule has 0 aromatic carbocycles. The molecular formula is C15H26O. The lowest BCUT2D eigenvalue weighted by Crippen LogP contribution is -2.24. The molecule has 0 radical (unpaired) electrons. The second-order valence-corrected chi connectivity index (χ2v) is 5.92. The van der Waals surface area contributed by atoms with Crippen molar-refractivity contribution < 1.29 is 4.74 Å². The summed E-state index contributed by atoms with van der Waals surface area (Å²) in [6, 6.07) is 0. The third kappa shape index (κ3) is 3.62. The first-order chi connectivity index (χ1) is 7.74. The van der Waals surface area contributed by atoms with Crippen LogP contribution in [0.25, 0.3) is 0 Å². The lowest BCUT2D eigenvalue weighted by Gasteiger charge is -2.27. The molecule has 0 N–H and O–H groups in total. The molecule has 0 spiro atoms. The molecule has 0 aromatic heterocycles. The molecule has 1 aliphatic carbocycles. The molecule has 1 saturated heterocycles. The summed E-state index contributed by atoms with van der Waals surface area (Å²) in [5.41, 5.74) is 1.69. The van der Waals surface area contributed by atoms with Gasteiger partial charge in [0.15, 0.2) is 0 Å². The van der Waals surface area contributed by atoms with Crippen molar-refractivity contribution >= 4 is 0 Å². The van der Waals surface area contributed by atoms with Gasteiger partial charge in [-0.3, -0.25) is 0 Å². The highest BCUT2D eigenvalue weighted by molar-refractivity contribution is 5.06. The number of hydrogen-bond acceptors (Lipinski definition) is 1. The van der Waals surface area contributed by atoms with Gasteiger partial charge in [0.1, 0.15) is 0 Å². The zero-order valence-electron chi connectivity index (χ0n) is 10.9. The minimum atomic E-state index is 0.552. The molecule has 0 aromatic rings. The third-order valence-corrected chi connectivity index (χ3v) is 4.15. The van der Waals surface area contributed by atoms with E-state index < -0.39 is 0 Å². The van der Waals surface area contributed by atoms with Crippen LogP contribution in [0.1, 0.15) is 58.8 Å². The van der Waals surface area contributed by atoms with Crippen molar-refractivity contribution in [2.75, 3.05) is 6.61 Å². The average Bonchev–Trinajstić information content (AvgIpc) is 2.30. The standard InChI is InChI=1S/C15H26O/c1-12-3-6-14(7-4-12)8-10-15-9-5-13(2)11-16-15/h6,12-13,15H,3-5,7-11H2,1-2H3. The molecular weight excluding hydrogens is 196 g/mol. The number of allylic oxidation sites excluding steroid dienone is 2. The van der Waals surface area contributed by atoms with Crippen molar-refractivity contribution in [2.45, 2.75) is 64.9 Å². The molecule has 0 amide bonds. The number of ether oxygens (including phenoxy) is 1. The van der Waals surface area contributed by atoms with Gasteiger partial charge in [-0.1, -0.05) is 25.5 Å². The largest absolute Gasteiger partial charge is 0.378 e. The van der Waals surface area contributed by atoms with E-state index in [0.717, 1.165) is 18.4 Å². The first-order valence-electron chi connectivity index (χ1n) is 7.03. The van der Waals surface area contributed by atoms with E-state index in [9.17, 15) is 0 Å². The van der Waals surface area contributed by atoms with E-state index in [2.05, 4.69) is 19.9 Å². The average molecular weight is 222 g/mol. The second-order valence-electron chi connectivity index (χ2n) is 5.92. The Morgan fingerprint density at radius 2 is 2.06 bits per heavy atom. The summed E-state index contributed by atoms with van der Waals surface area (Å²) in [5.74, 6) is 1.70. The highest BCUT2D eigenvalue weighted by Crippen LogP contribution is 2.28. The van der Waals surface area contributed by atoms with Crippen LogP contribution < -0.4 is 0 Å². The lowest BCUT2D eigenvalue weighted by molar-refractivity contribution is -0.0148. The Labute approximate surface area is 100 Å². The van der Waals surface area contributed by atoms with Crippen LogP contribution in [-0.2, 0) is 4.74 Å². The fourth-order valence-electron chi connectivity index (χ4n) is 2.76. The Morgan fingerprint density at radius 1 is 1.19 bits per heavy atom. The van der Waals surface area contributed by atoms with Gasteiger partial charge in [0, 0.05) is 6.61 Å². The van der Waals surface area contributed by atoms with Gasteiger partial charge in [-0.25, -0.2) is 0 Å². The lowest BCUT2D eigenvalue weighted by atomic mass is 9.88. The summed E-state index contributed by atoms with van der Waals surface area (Å²) in [4.78, 5) is 0. The van der Waals surface area contributed by atoms with E-state index in [1.165, 1.54) is 44.9 Å². The summed E-state index contributed by atoms with van der Waals surface area (Å²) in [5, 5.41) is 0. The van der Waals surface area contributed by atoms with E-state index in [4.69, 9.17) is 4.74 Å². The van der Waals surface area contributed by atoms with Gasteiger partial charge in [0.2, 0.25) is 0 Å². The minimum Gasteiger partial charge on any atom is -0.378 e. The van der Waals surface area contributed by atoms with E-state index in [0.29, 0.717) is 6.10 Å². The first kappa shape index (κ1) is 12.2. The molecule has 2 rings (SSSR count). The molecule has 3 unspecified atom stereocenters. The summed E-state index contributed by atoms with van der Waals surface area (Å²) in [6.45, 7) is 5.64. The maximum atomic E-state index is 5.88. The summed E-state index contributed by atoms with van der Waals surface area (Å²) >= 11 is 0. The normalized spacial score (nSPS) is 35.9. The van der Waals surface area contributed by atoms with E-state index in [1.807, 2.05) is 0 Å². The Hall–Kier alpha value is -0.300. The molecule has 92 valence electrons. The smallest absolute Gasteiger partial charge is 0.0578 e. The summed E-state index contributed by atoms with van der Waals surface area (Å²) in [7, 11) is 0. The zero-order chi connectivity index (χ0) is 11.4. The van der Waals surface area contributed by atoms with Crippen molar-refractivity contribution in [1.29, 1.82) is 0 Å². The Morgan fingerprint density at radius 3 is 2.69 bits per heavy atom. The Bertz CT molecular complexity index is 236. The van der Waals surface area contributed by atoms with E-state index in [-0.39, 0.29) is 0 Å². The number of hydrogen-bond donors (Lipinski definition) is 0. The van der Waals surface area contributed by atoms with Crippen LogP contribution in [0.15, 0.2) is 11.6 Å².